The van der Waals surface area contributed by atoms with Gasteiger partial charge >= 0.3 is 0 Å². The highest BCUT2D eigenvalue weighted by molar-refractivity contribution is 5.95. The molecule has 0 N–H and O–H groups in total. The summed E-state index contributed by atoms with van der Waals surface area (Å²) in [4.78, 5) is 2.45. The molecule has 8 rings (SSSR count). The molecule has 1 aromatic heterocycles. The van der Waals surface area contributed by atoms with Crippen LogP contribution in [0.15, 0.2) is 132 Å². The summed E-state index contributed by atoms with van der Waals surface area (Å²) in [7, 11) is 0. The third kappa shape index (κ3) is 4.97. The van der Waals surface area contributed by atoms with E-state index in [4.69, 9.17) is 0 Å². The summed E-state index contributed by atoms with van der Waals surface area (Å²) < 4.78 is 2.41. The molecule has 0 fully saturated rings. The third-order valence-corrected chi connectivity index (χ3v) is 10.7. The largest absolute Gasteiger partial charge is 0.334 e. The van der Waals surface area contributed by atoms with Crippen molar-refractivity contribution in [1.82, 2.24) is 4.57 Å². The van der Waals surface area contributed by atoms with E-state index in [0.29, 0.717) is 11.5 Å². The minimum Gasteiger partial charge on any atom is -0.334 e. The van der Waals surface area contributed by atoms with Crippen molar-refractivity contribution < 1.29 is 0 Å². The lowest BCUT2D eigenvalue weighted by atomic mass is 9.81. The molecule has 4 heteroatoms. The van der Waals surface area contributed by atoms with Crippen LogP contribution in [0.25, 0.3) is 22.7 Å². The van der Waals surface area contributed by atoms with Crippen molar-refractivity contribution in [3.8, 4) is 12.1 Å². The highest BCUT2D eigenvalue weighted by atomic mass is 15.2. The number of nitrogens with zero attached hydrogens (tertiary/aromatic N) is 4. The van der Waals surface area contributed by atoms with Crippen LogP contribution in [0, 0.1) is 28.6 Å². The maximum atomic E-state index is 9.85. The molecule has 0 bridgehead atoms. The standard InChI is InChI=1S/C44H38N4/c1-29(27-45)24-44(48-41-16-7-3-12-36(41)37-13-4-8-17-42(37)48)30(2)33-10-9-11-34(26-33)32-19-21-35(22-20-32)47-40-15-6-5-14-38(40)39-25-31(28-46)18-23-43(39)47/h3-7,9-16,18-24,31,34,39,43H,8,17,25-26H2,1-2H3/b29-24+,44-30-. The molecule has 0 radical (unpaired) electrons. The number of benzene rings is 3. The lowest BCUT2D eigenvalue weighted by Gasteiger charge is -2.31. The summed E-state index contributed by atoms with van der Waals surface area (Å²) in [5, 5.41) is 20.7. The molecular weight excluding hydrogens is 585 g/mol. The van der Waals surface area contributed by atoms with Gasteiger partial charge in [0.2, 0.25) is 0 Å². The molecule has 234 valence electrons. The minimum absolute atomic E-state index is 0.0298. The van der Waals surface area contributed by atoms with Gasteiger partial charge < -0.3 is 9.47 Å². The fraction of sp³-hybridized carbons (Fsp3) is 0.227. The van der Waals surface area contributed by atoms with E-state index < -0.39 is 0 Å². The number of hydrogen-bond acceptors (Lipinski definition) is 3. The average molecular weight is 623 g/mol. The fourth-order valence-corrected chi connectivity index (χ4v) is 8.30. The molecule has 3 aromatic carbocycles. The van der Waals surface area contributed by atoms with Crippen molar-refractivity contribution >= 4 is 34.1 Å². The van der Waals surface area contributed by atoms with Crippen molar-refractivity contribution in [2.45, 2.75) is 57.4 Å². The maximum absolute atomic E-state index is 9.85. The van der Waals surface area contributed by atoms with E-state index in [1.54, 1.807) is 0 Å². The van der Waals surface area contributed by atoms with Gasteiger partial charge in [-0.3, -0.25) is 0 Å². The van der Waals surface area contributed by atoms with E-state index in [9.17, 15) is 10.5 Å². The zero-order valence-corrected chi connectivity index (χ0v) is 27.5. The second-order valence-electron chi connectivity index (χ2n) is 13.5. The van der Waals surface area contributed by atoms with Crippen LogP contribution >= 0.6 is 0 Å². The molecule has 0 spiro atoms. The van der Waals surface area contributed by atoms with Gasteiger partial charge in [-0.25, -0.2) is 0 Å². The lowest BCUT2D eigenvalue weighted by molar-refractivity contribution is 0.522. The maximum Gasteiger partial charge on any atom is 0.0944 e. The Morgan fingerprint density at radius 1 is 0.917 bits per heavy atom. The predicted octanol–water partition coefficient (Wildman–Crippen LogP) is 10.7. The quantitative estimate of drug-likeness (QED) is 0.126. The zero-order chi connectivity index (χ0) is 32.8. The van der Waals surface area contributed by atoms with Gasteiger partial charge in [0.1, 0.15) is 0 Å². The number of fused-ring (bicyclic) bond motifs is 6. The van der Waals surface area contributed by atoms with Crippen LogP contribution in [0.5, 0.6) is 0 Å². The van der Waals surface area contributed by atoms with Crippen LogP contribution in [0.2, 0.25) is 0 Å². The van der Waals surface area contributed by atoms with Gasteiger partial charge in [0.25, 0.3) is 0 Å². The lowest BCUT2D eigenvalue weighted by Crippen LogP contribution is -2.31. The smallest absolute Gasteiger partial charge is 0.0944 e. The summed E-state index contributed by atoms with van der Waals surface area (Å²) in [6.07, 6.45) is 21.4. The van der Waals surface area contributed by atoms with Crippen LogP contribution in [-0.4, -0.2) is 10.6 Å². The SMILES string of the molecule is C/C(C1=CC=CC(c2ccc(N3c4ccccc4C4CC(C#N)C=CC43)cc2)C1)=C(\C=C(/C)C#N)n1c2c(c3ccccc31)C=CCC2. The first-order valence-corrected chi connectivity index (χ1v) is 17.1. The van der Waals surface area contributed by atoms with Gasteiger partial charge in [-0.2, -0.15) is 10.5 Å². The Labute approximate surface area is 283 Å². The molecule has 4 atom stereocenters. The molecular formula is C44H38N4. The van der Waals surface area contributed by atoms with Crippen LogP contribution in [-0.2, 0) is 6.42 Å². The fourth-order valence-electron chi connectivity index (χ4n) is 8.30. The number of anilines is 2. The second kappa shape index (κ2) is 12.2. The third-order valence-electron chi connectivity index (χ3n) is 10.7. The molecule has 4 aliphatic rings. The number of hydrogen-bond donors (Lipinski definition) is 0. The molecule has 4 unspecified atom stereocenters. The number of nitriles is 2. The highest BCUT2D eigenvalue weighted by Crippen LogP contribution is 2.50. The van der Waals surface area contributed by atoms with Crippen LogP contribution in [0.4, 0.5) is 11.4 Å². The molecule has 0 saturated carbocycles. The number of para-hydroxylation sites is 2. The minimum atomic E-state index is -0.0298. The first-order chi connectivity index (χ1) is 23.6. The molecule has 4 nitrogen and oxygen atoms in total. The van der Waals surface area contributed by atoms with Gasteiger partial charge in [-0.05, 0) is 92.1 Å². The van der Waals surface area contributed by atoms with Crippen molar-refractivity contribution in [1.29, 1.82) is 10.5 Å². The Kier molecular flexibility index (Phi) is 7.59. The van der Waals surface area contributed by atoms with Crippen molar-refractivity contribution in [2.24, 2.45) is 5.92 Å². The van der Waals surface area contributed by atoms with Gasteiger partial charge in [0, 0.05) is 45.4 Å². The predicted molar refractivity (Wildman–Crippen MR) is 197 cm³/mol. The Morgan fingerprint density at radius 2 is 1.73 bits per heavy atom. The zero-order valence-electron chi connectivity index (χ0n) is 27.5. The molecule has 3 aliphatic carbocycles. The topological polar surface area (TPSA) is 55.8 Å². The molecule has 48 heavy (non-hydrogen) atoms. The molecule has 1 aliphatic heterocycles. The van der Waals surface area contributed by atoms with Gasteiger partial charge in [0.05, 0.1) is 35.3 Å². The number of rotatable bonds is 5. The van der Waals surface area contributed by atoms with Crippen molar-refractivity contribution in [3.05, 3.63) is 154 Å². The first-order valence-electron chi connectivity index (χ1n) is 17.1. The monoisotopic (exact) mass is 622 g/mol. The van der Waals surface area contributed by atoms with Crippen molar-refractivity contribution in [3.63, 3.8) is 0 Å². The van der Waals surface area contributed by atoms with Crippen molar-refractivity contribution in [2.75, 3.05) is 4.90 Å². The Hall–Kier alpha value is -5.58. The number of allylic oxidation sites excluding steroid dienone is 10. The van der Waals surface area contributed by atoms with E-state index in [1.807, 2.05) is 6.92 Å². The van der Waals surface area contributed by atoms with Gasteiger partial charge in [-0.1, -0.05) is 91.1 Å². The van der Waals surface area contributed by atoms with E-state index in [0.717, 1.165) is 31.4 Å². The molecule has 4 aromatic rings. The summed E-state index contributed by atoms with van der Waals surface area (Å²) in [6, 6.07) is 31.5. The summed E-state index contributed by atoms with van der Waals surface area (Å²) >= 11 is 0. The summed E-state index contributed by atoms with van der Waals surface area (Å²) in [5.74, 6) is 0.545. The normalized spacial score (nSPS) is 23.1. The van der Waals surface area contributed by atoms with Gasteiger partial charge in [-0.15, -0.1) is 0 Å². The second-order valence-corrected chi connectivity index (χ2v) is 13.5. The summed E-state index contributed by atoms with van der Waals surface area (Å²) in [5.41, 5.74) is 13.1. The van der Waals surface area contributed by atoms with Crippen LogP contribution in [0.3, 0.4) is 0 Å². The highest BCUT2D eigenvalue weighted by Gasteiger charge is 2.40. The van der Waals surface area contributed by atoms with E-state index in [1.165, 1.54) is 55.8 Å². The van der Waals surface area contributed by atoms with E-state index in [2.05, 4.69) is 150 Å². The molecule has 0 amide bonds. The number of aromatic nitrogens is 1. The van der Waals surface area contributed by atoms with Crippen LogP contribution in [0.1, 0.15) is 67.3 Å². The first kappa shape index (κ1) is 29.8. The van der Waals surface area contributed by atoms with E-state index in [-0.39, 0.29) is 17.9 Å². The Balaban J connectivity index is 1.12. The van der Waals surface area contributed by atoms with Gasteiger partial charge in [0.15, 0.2) is 0 Å². The molecule has 0 saturated heterocycles. The summed E-state index contributed by atoms with van der Waals surface area (Å²) in [6.45, 7) is 4.12. The Morgan fingerprint density at radius 3 is 2.56 bits per heavy atom. The average Bonchev–Trinajstić information content (AvgIpc) is 3.66. The molecule has 2 heterocycles. The van der Waals surface area contributed by atoms with E-state index >= 15 is 0 Å². The Bertz CT molecular complexity index is 2200. The van der Waals surface area contributed by atoms with Crippen LogP contribution < -0.4 is 4.90 Å².